The average Bonchev–Trinajstić information content (AvgIpc) is 3.08. The van der Waals surface area contributed by atoms with Crippen molar-refractivity contribution in [2.45, 2.75) is 5.41 Å². The molecule has 0 fully saturated rings. The van der Waals surface area contributed by atoms with Crippen molar-refractivity contribution in [2.75, 3.05) is 11.5 Å². The maximum absolute atomic E-state index is 5.98. The highest BCUT2D eigenvalue weighted by molar-refractivity contribution is 5.93. The fourth-order valence-corrected chi connectivity index (χ4v) is 4.34. The molecule has 0 amide bonds. The lowest BCUT2D eigenvalue weighted by atomic mass is 9.65. The Morgan fingerprint density at radius 3 is 1.89 bits per heavy atom. The molecular weight excluding hydrogens is 328 g/mol. The molecule has 0 unspecified atom stereocenters. The Hall–Kier alpha value is -3.52. The number of rotatable bonds is 2. The summed E-state index contributed by atoms with van der Waals surface area (Å²) in [7, 11) is 0. The predicted molar refractivity (Wildman–Crippen MR) is 113 cm³/mol. The third-order valence-electron chi connectivity index (χ3n) is 5.58. The molecule has 130 valence electrons. The molecule has 0 atom stereocenters. The van der Waals surface area contributed by atoms with Gasteiger partial charge in [-0.15, -0.1) is 0 Å². The molecule has 3 aromatic rings. The molecule has 3 aromatic carbocycles. The number of hydrogen-bond acceptors (Lipinski definition) is 2. The Morgan fingerprint density at radius 1 is 0.667 bits per heavy atom. The third-order valence-corrected chi connectivity index (χ3v) is 5.58. The van der Waals surface area contributed by atoms with Gasteiger partial charge in [0.1, 0.15) is 0 Å². The molecule has 4 N–H and O–H groups in total. The van der Waals surface area contributed by atoms with Crippen molar-refractivity contribution in [3.8, 4) is 0 Å². The van der Waals surface area contributed by atoms with Crippen LogP contribution in [0.5, 0.6) is 0 Å². The molecule has 0 radical (unpaired) electrons. The summed E-state index contributed by atoms with van der Waals surface area (Å²) < 4.78 is 0. The standard InChI is InChI=1S/C25H20N2/c26-21-11-7-19(8-12-21)25(20-9-13-22(27)14-10-20)15-3-5-18-16-17-4-1-2-6-23(17)24(18)25/h1-16H,26-27H2. The Labute approximate surface area is 158 Å². The van der Waals surface area contributed by atoms with E-state index in [9.17, 15) is 0 Å². The lowest BCUT2D eigenvalue weighted by Crippen LogP contribution is -2.35. The van der Waals surface area contributed by atoms with Gasteiger partial charge in [0, 0.05) is 11.4 Å². The molecule has 0 aliphatic heterocycles. The SMILES string of the molecule is Nc1ccc(C2(c3ccc(N)cc3)C=CC=C3C=c4ccccc4=C32)cc1. The van der Waals surface area contributed by atoms with E-state index in [2.05, 4.69) is 72.8 Å². The fraction of sp³-hybridized carbons (Fsp3) is 0.0400. The molecule has 0 saturated carbocycles. The molecule has 27 heavy (non-hydrogen) atoms. The van der Waals surface area contributed by atoms with Crippen LogP contribution in [0.3, 0.4) is 0 Å². The van der Waals surface area contributed by atoms with E-state index in [1.807, 2.05) is 24.3 Å². The first-order chi connectivity index (χ1) is 13.2. The normalized spacial score (nSPS) is 16.3. The number of hydrogen-bond donors (Lipinski definition) is 2. The van der Waals surface area contributed by atoms with E-state index in [-0.39, 0.29) is 5.41 Å². The van der Waals surface area contributed by atoms with Gasteiger partial charge >= 0.3 is 0 Å². The Bertz CT molecular complexity index is 1170. The molecule has 0 bridgehead atoms. The Morgan fingerprint density at radius 2 is 1.26 bits per heavy atom. The van der Waals surface area contributed by atoms with Crippen LogP contribution in [0, 0.1) is 0 Å². The number of nitrogen functional groups attached to an aromatic ring is 2. The second-order valence-corrected chi connectivity index (χ2v) is 7.14. The van der Waals surface area contributed by atoms with Gasteiger partial charge < -0.3 is 11.5 Å². The van der Waals surface area contributed by atoms with Crippen molar-refractivity contribution in [1.29, 1.82) is 0 Å². The number of anilines is 2. The molecule has 2 aliphatic carbocycles. The third kappa shape index (κ3) is 2.27. The number of allylic oxidation sites excluding steroid dienone is 4. The van der Waals surface area contributed by atoms with E-state index in [0.29, 0.717) is 0 Å². The van der Waals surface area contributed by atoms with Gasteiger partial charge in [0.15, 0.2) is 0 Å². The van der Waals surface area contributed by atoms with Crippen LogP contribution < -0.4 is 21.9 Å². The largest absolute Gasteiger partial charge is 0.399 e. The molecule has 2 aliphatic rings. The zero-order valence-corrected chi connectivity index (χ0v) is 14.9. The van der Waals surface area contributed by atoms with Crippen molar-refractivity contribution in [2.24, 2.45) is 0 Å². The molecule has 0 spiro atoms. The molecule has 0 saturated heterocycles. The van der Waals surface area contributed by atoms with Crippen LogP contribution in [0.2, 0.25) is 0 Å². The highest BCUT2D eigenvalue weighted by Gasteiger charge is 2.40. The highest BCUT2D eigenvalue weighted by atomic mass is 14.5. The van der Waals surface area contributed by atoms with Crippen molar-refractivity contribution in [1.82, 2.24) is 0 Å². The first-order valence-electron chi connectivity index (χ1n) is 9.12. The van der Waals surface area contributed by atoms with Crippen molar-refractivity contribution in [3.05, 3.63) is 118 Å². The van der Waals surface area contributed by atoms with E-state index >= 15 is 0 Å². The molecule has 2 nitrogen and oxygen atoms in total. The second-order valence-electron chi connectivity index (χ2n) is 7.14. The van der Waals surface area contributed by atoms with Gasteiger partial charge in [-0.2, -0.15) is 0 Å². The lowest BCUT2D eigenvalue weighted by molar-refractivity contribution is 0.831. The van der Waals surface area contributed by atoms with E-state index in [1.165, 1.54) is 32.7 Å². The van der Waals surface area contributed by atoms with Crippen LogP contribution in [0.1, 0.15) is 11.1 Å². The van der Waals surface area contributed by atoms with E-state index in [4.69, 9.17) is 11.5 Å². The Balaban J connectivity index is 1.91. The lowest BCUT2D eigenvalue weighted by Gasteiger charge is -2.37. The van der Waals surface area contributed by atoms with Crippen LogP contribution in [-0.2, 0) is 5.41 Å². The summed E-state index contributed by atoms with van der Waals surface area (Å²) in [6, 6.07) is 25.0. The number of benzene rings is 3. The first-order valence-corrected chi connectivity index (χ1v) is 9.12. The minimum absolute atomic E-state index is 0.380. The van der Waals surface area contributed by atoms with Crippen molar-refractivity contribution >= 4 is 23.0 Å². The summed E-state index contributed by atoms with van der Waals surface area (Å²) in [6.07, 6.45) is 8.92. The van der Waals surface area contributed by atoms with Crippen molar-refractivity contribution < 1.29 is 0 Å². The Kier molecular flexibility index (Phi) is 3.34. The van der Waals surface area contributed by atoms with Crippen LogP contribution in [-0.4, -0.2) is 0 Å². The summed E-state index contributed by atoms with van der Waals surface area (Å²) in [5.74, 6) is 0. The summed E-state index contributed by atoms with van der Waals surface area (Å²) in [6.45, 7) is 0. The fourth-order valence-electron chi connectivity index (χ4n) is 4.34. The zero-order valence-electron chi connectivity index (χ0n) is 14.9. The van der Waals surface area contributed by atoms with Gasteiger partial charge in [-0.3, -0.25) is 0 Å². The summed E-state index contributed by atoms with van der Waals surface area (Å²) in [5, 5.41) is 2.54. The highest BCUT2D eigenvalue weighted by Crippen LogP contribution is 2.47. The van der Waals surface area contributed by atoms with Gasteiger partial charge in [0.25, 0.3) is 0 Å². The van der Waals surface area contributed by atoms with Gasteiger partial charge in [0.05, 0.1) is 5.41 Å². The van der Waals surface area contributed by atoms with Crippen LogP contribution in [0.25, 0.3) is 11.6 Å². The van der Waals surface area contributed by atoms with Crippen molar-refractivity contribution in [3.63, 3.8) is 0 Å². The maximum atomic E-state index is 5.98. The minimum Gasteiger partial charge on any atom is -0.399 e. The smallest absolute Gasteiger partial charge is 0.0647 e. The molecule has 5 rings (SSSR count). The molecule has 0 heterocycles. The van der Waals surface area contributed by atoms with Crippen LogP contribution in [0.4, 0.5) is 11.4 Å². The number of fused-ring (bicyclic) bond motifs is 2. The van der Waals surface area contributed by atoms with Gasteiger partial charge in [-0.1, -0.05) is 66.8 Å². The van der Waals surface area contributed by atoms with E-state index in [1.54, 1.807) is 0 Å². The molecule has 2 heteroatoms. The van der Waals surface area contributed by atoms with E-state index in [0.717, 1.165) is 11.4 Å². The van der Waals surface area contributed by atoms with Gasteiger partial charge in [-0.25, -0.2) is 0 Å². The van der Waals surface area contributed by atoms with Crippen LogP contribution in [0.15, 0.2) is 96.6 Å². The second kappa shape index (κ2) is 5.75. The van der Waals surface area contributed by atoms with E-state index < -0.39 is 0 Å². The first kappa shape index (κ1) is 15.7. The topological polar surface area (TPSA) is 52.0 Å². The number of nitrogens with two attached hydrogens (primary N) is 2. The average molecular weight is 348 g/mol. The van der Waals surface area contributed by atoms with Gasteiger partial charge in [-0.05, 0) is 63.1 Å². The van der Waals surface area contributed by atoms with Gasteiger partial charge in [0.2, 0.25) is 0 Å². The molecular formula is C25H20N2. The molecule has 0 aromatic heterocycles. The summed E-state index contributed by atoms with van der Waals surface area (Å²) in [5.41, 5.74) is 18.1. The summed E-state index contributed by atoms with van der Waals surface area (Å²) >= 11 is 0. The summed E-state index contributed by atoms with van der Waals surface area (Å²) in [4.78, 5) is 0. The quantitative estimate of drug-likeness (QED) is 0.698. The maximum Gasteiger partial charge on any atom is 0.0647 e. The van der Waals surface area contributed by atoms with Crippen LogP contribution >= 0.6 is 0 Å². The predicted octanol–water partition coefficient (Wildman–Crippen LogP) is 3.28. The zero-order chi connectivity index (χ0) is 18.4. The monoisotopic (exact) mass is 348 g/mol. The minimum atomic E-state index is -0.380.